The van der Waals surface area contributed by atoms with E-state index in [9.17, 15) is 4.79 Å². The molecule has 0 amide bonds. The van der Waals surface area contributed by atoms with Crippen LogP contribution in [0.4, 0.5) is 5.69 Å². The van der Waals surface area contributed by atoms with Crippen molar-refractivity contribution < 1.29 is 14.3 Å². The van der Waals surface area contributed by atoms with E-state index in [0.717, 1.165) is 5.52 Å². The molecular formula is C19H24N2O3. The highest BCUT2D eigenvalue weighted by atomic mass is 16.5. The van der Waals surface area contributed by atoms with Crippen LogP contribution in [0.5, 0.6) is 5.75 Å². The molecule has 0 atom stereocenters. The van der Waals surface area contributed by atoms with Gasteiger partial charge in [0.05, 0.1) is 35.5 Å². The minimum atomic E-state index is -0.438. The molecule has 3 rings (SSSR count). The summed E-state index contributed by atoms with van der Waals surface area (Å²) in [4.78, 5) is 16.7. The number of hydrogen-bond donors (Lipinski definition) is 1. The van der Waals surface area contributed by atoms with Crippen molar-refractivity contribution in [2.45, 2.75) is 39.5 Å². The molecule has 0 unspecified atom stereocenters. The lowest BCUT2D eigenvalue weighted by atomic mass is 10.1. The van der Waals surface area contributed by atoms with Gasteiger partial charge in [-0.1, -0.05) is 18.9 Å². The number of carbonyl (C=O) groups excluding carboxylic acids is 1. The van der Waals surface area contributed by atoms with E-state index in [-0.39, 0.29) is 0 Å². The second kappa shape index (κ2) is 7.07. The van der Waals surface area contributed by atoms with E-state index >= 15 is 0 Å². The van der Waals surface area contributed by atoms with Gasteiger partial charge in [0.15, 0.2) is 0 Å². The van der Waals surface area contributed by atoms with Crippen molar-refractivity contribution in [3.63, 3.8) is 0 Å². The minimum absolute atomic E-state index is 0.301. The maximum absolute atomic E-state index is 12.2. The smallest absolute Gasteiger partial charge is 0.342 e. The van der Waals surface area contributed by atoms with Gasteiger partial charge in [-0.2, -0.15) is 0 Å². The molecule has 1 aliphatic rings. The predicted octanol–water partition coefficient (Wildman–Crippen LogP) is 3.87. The Hall–Kier alpha value is -2.30. The van der Waals surface area contributed by atoms with Crippen molar-refractivity contribution in [1.29, 1.82) is 0 Å². The van der Waals surface area contributed by atoms with Crippen molar-refractivity contribution in [2.75, 3.05) is 18.9 Å². The third kappa shape index (κ3) is 3.16. The lowest BCUT2D eigenvalue weighted by Crippen LogP contribution is -2.13. The largest absolute Gasteiger partial charge is 0.493 e. The van der Waals surface area contributed by atoms with Crippen LogP contribution in [0.1, 0.15) is 48.7 Å². The molecule has 1 aromatic heterocycles. The number of nitrogen functional groups attached to an aromatic ring is 1. The number of aromatic nitrogens is 1. The lowest BCUT2D eigenvalue weighted by Gasteiger charge is -2.16. The van der Waals surface area contributed by atoms with Crippen molar-refractivity contribution in [2.24, 2.45) is 5.92 Å². The average molecular weight is 328 g/mol. The van der Waals surface area contributed by atoms with E-state index in [0.29, 0.717) is 47.2 Å². The summed E-state index contributed by atoms with van der Waals surface area (Å²) in [7, 11) is 0. The third-order valence-corrected chi connectivity index (χ3v) is 4.62. The van der Waals surface area contributed by atoms with Gasteiger partial charge < -0.3 is 15.2 Å². The van der Waals surface area contributed by atoms with Gasteiger partial charge in [0.2, 0.25) is 0 Å². The SMILES string of the molecule is CCOC(=O)c1c(C)nc2cccc(OCC3CCCC3)c2c1N. The molecule has 128 valence electrons. The first kappa shape index (κ1) is 16.6. The quantitative estimate of drug-likeness (QED) is 0.843. The van der Waals surface area contributed by atoms with Crippen molar-refractivity contribution in [1.82, 2.24) is 4.98 Å². The Kier molecular flexibility index (Phi) is 4.88. The van der Waals surface area contributed by atoms with E-state index < -0.39 is 5.97 Å². The maximum atomic E-state index is 12.2. The van der Waals surface area contributed by atoms with Gasteiger partial charge in [-0.15, -0.1) is 0 Å². The number of nitrogens with two attached hydrogens (primary N) is 1. The topological polar surface area (TPSA) is 74.4 Å². The molecule has 0 radical (unpaired) electrons. The lowest BCUT2D eigenvalue weighted by molar-refractivity contribution is 0.0526. The molecule has 2 N–H and O–H groups in total. The third-order valence-electron chi connectivity index (χ3n) is 4.62. The van der Waals surface area contributed by atoms with E-state index in [4.69, 9.17) is 15.2 Å². The molecule has 1 aromatic carbocycles. The molecular weight excluding hydrogens is 304 g/mol. The van der Waals surface area contributed by atoms with Gasteiger partial charge in [-0.25, -0.2) is 4.79 Å². The second-order valence-electron chi connectivity index (χ2n) is 6.32. The molecule has 1 aliphatic carbocycles. The normalized spacial score (nSPS) is 14.9. The highest BCUT2D eigenvalue weighted by Crippen LogP contribution is 2.35. The van der Waals surface area contributed by atoms with Crippen LogP contribution in [0.15, 0.2) is 18.2 Å². The maximum Gasteiger partial charge on any atom is 0.342 e. The molecule has 0 saturated heterocycles. The molecule has 1 heterocycles. The number of fused-ring (bicyclic) bond motifs is 1. The highest BCUT2D eigenvalue weighted by molar-refractivity contribution is 6.07. The van der Waals surface area contributed by atoms with E-state index in [1.165, 1.54) is 25.7 Å². The van der Waals surface area contributed by atoms with Crippen LogP contribution in [0, 0.1) is 12.8 Å². The number of hydrogen-bond acceptors (Lipinski definition) is 5. The van der Waals surface area contributed by atoms with Gasteiger partial charge in [0.25, 0.3) is 0 Å². The summed E-state index contributed by atoms with van der Waals surface area (Å²) in [5.41, 5.74) is 8.35. The van der Waals surface area contributed by atoms with Crippen LogP contribution in [-0.4, -0.2) is 24.2 Å². The Morgan fingerprint density at radius 2 is 2.08 bits per heavy atom. The summed E-state index contributed by atoms with van der Waals surface area (Å²) < 4.78 is 11.2. The molecule has 5 nitrogen and oxygen atoms in total. The zero-order chi connectivity index (χ0) is 17.1. The van der Waals surface area contributed by atoms with Crippen LogP contribution >= 0.6 is 0 Å². The molecule has 5 heteroatoms. The van der Waals surface area contributed by atoms with Crippen LogP contribution in [0.3, 0.4) is 0 Å². The number of benzene rings is 1. The van der Waals surface area contributed by atoms with Crippen LogP contribution in [-0.2, 0) is 4.74 Å². The molecule has 1 saturated carbocycles. The van der Waals surface area contributed by atoms with E-state index in [2.05, 4.69) is 4.98 Å². The number of aryl methyl sites for hydroxylation is 1. The Morgan fingerprint density at radius 3 is 2.79 bits per heavy atom. The van der Waals surface area contributed by atoms with Crippen LogP contribution < -0.4 is 10.5 Å². The first-order chi connectivity index (χ1) is 11.6. The molecule has 2 aromatic rings. The molecule has 0 spiro atoms. The Morgan fingerprint density at radius 1 is 1.33 bits per heavy atom. The number of rotatable bonds is 5. The standard InChI is InChI=1S/C19H24N2O3/c1-3-23-19(22)16-12(2)21-14-9-6-10-15(17(14)18(16)20)24-11-13-7-4-5-8-13/h6,9-10,13H,3-5,7-8,11H2,1-2H3,(H2,20,21). The fraction of sp³-hybridized carbons (Fsp3) is 0.474. The summed E-state index contributed by atoms with van der Waals surface area (Å²) in [5.74, 6) is 0.854. The van der Waals surface area contributed by atoms with Gasteiger partial charge in [-0.05, 0) is 44.7 Å². The zero-order valence-electron chi connectivity index (χ0n) is 14.3. The van der Waals surface area contributed by atoms with Crippen LogP contribution in [0.25, 0.3) is 10.9 Å². The summed E-state index contributed by atoms with van der Waals surface area (Å²) in [6.45, 7) is 4.53. The number of nitrogens with zero attached hydrogens (tertiary/aromatic N) is 1. The first-order valence-electron chi connectivity index (χ1n) is 8.60. The second-order valence-corrected chi connectivity index (χ2v) is 6.32. The fourth-order valence-corrected chi connectivity index (χ4v) is 3.41. The highest BCUT2D eigenvalue weighted by Gasteiger charge is 2.21. The number of ether oxygens (including phenoxy) is 2. The van der Waals surface area contributed by atoms with Crippen molar-refractivity contribution >= 4 is 22.6 Å². The molecule has 1 fully saturated rings. The number of pyridine rings is 1. The van der Waals surface area contributed by atoms with E-state index in [1.54, 1.807) is 13.8 Å². The minimum Gasteiger partial charge on any atom is -0.493 e. The number of anilines is 1. The van der Waals surface area contributed by atoms with Gasteiger partial charge in [0.1, 0.15) is 11.3 Å². The molecule has 24 heavy (non-hydrogen) atoms. The fourth-order valence-electron chi connectivity index (χ4n) is 3.41. The zero-order valence-corrected chi connectivity index (χ0v) is 14.3. The summed E-state index contributed by atoms with van der Waals surface area (Å²) in [6.07, 6.45) is 4.98. The predicted molar refractivity (Wildman–Crippen MR) is 94.3 cm³/mol. The average Bonchev–Trinajstić information content (AvgIpc) is 3.06. The molecule has 0 bridgehead atoms. The summed E-state index contributed by atoms with van der Waals surface area (Å²) >= 11 is 0. The Bertz CT molecular complexity index is 752. The van der Waals surface area contributed by atoms with Crippen molar-refractivity contribution in [3.05, 3.63) is 29.5 Å². The first-order valence-corrected chi connectivity index (χ1v) is 8.60. The number of esters is 1. The van der Waals surface area contributed by atoms with Gasteiger partial charge in [-0.3, -0.25) is 4.98 Å². The van der Waals surface area contributed by atoms with Gasteiger partial charge >= 0.3 is 5.97 Å². The Balaban J connectivity index is 2.00. The number of carbonyl (C=O) groups is 1. The van der Waals surface area contributed by atoms with Crippen molar-refractivity contribution in [3.8, 4) is 5.75 Å². The van der Waals surface area contributed by atoms with E-state index in [1.807, 2.05) is 18.2 Å². The monoisotopic (exact) mass is 328 g/mol. The van der Waals surface area contributed by atoms with Crippen LogP contribution in [0.2, 0.25) is 0 Å². The summed E-state index contributed by atoms with van der Waals surface area (Å²) in [6, 6.07) is 5.68. The molecule has 0 aliphatic heterocycles. The Labute approximate surface area is 142 Å². The summed E-state index contributed by atoms with van der Waals surface area (Å²) in [5, 5.41) is 0.698. The van der Waals surface area contributed by atoms with Gasteiger partial charge in [0, 0.05) is 0 Å².